The molecule has 2 amide bonds. The number of β-lactam (4-membered cyclic amide) rings is 1. The minimum absolute atomic E-state index is 0.0217. The SMILES string of the molecule is C=CCOC(=O)N1CC(F)C[C@H]1/C=C(\C)C1=C(C(=O)O)N2C(=O)[C@H]([C@@H](C)O[Si](C)(C)C)[C@H]2C1. The smallest absolute Gasteiger partial charge is 0.410 e. The summed E-state index contributed by atoms with van der Waals surface area (Å²) in [6.07, 6.45) is 1.49. The molecule has 0 aromatic heterocycles. The fourth-order valence-electron chi connectivity index (χ4n) is 5.02. The molecule has 0 aromatic rings. The van der Waals surface area contributed by atoms with E-state index >= 15 is 0 Å². The molecule has 0 bridgehead atoms. The minimum Gasteiger partial charge on any atom is -0.477 e. The monoisotopic (exact) mass is 480 g/mol. The van der Waals surface area contributed by atoms with Crippen molar-refractivity contribution in [2.75, 3.05) is 13.2 Å². The molecule has 0 spiro atoms. The zero-order valence-corrected chi connectivity index (χ0v) is 20.8. The van der Waals surface area contributed by atoms with Gasteiger partial charge in [-0.05, 0) is 51.1 Å². The first-order valence-electron chi connectivity index (χ1n) is 11.2. The topological polar surface area (TPSA) is 96.4 Å². The number of rotatable bonds is 8. The number of allylic oxidation sites excluding steroid dienone is 1. The van der Waals surface area contributed by atoms with E-state index in [-0.39, 0.29) is 43.3 Å². The Morgan fingerprint density at radius 2 is 2.03 bits per heavy atom. The Labute approximate surface area is 194 Å². The number of aliphatic carboxylic acids is 1. The van der Waals surface area contributed by atoms with Gasteiger partial charge >= 0.3 is 12.1 Å². The van der Waals surface area contributed by atoms with Gasteiger partial charge in [0.2, 0.25) is 5.91 Å². The summed E-state index contributed by atoms with van der Waals surface area (Å²) in [5.41, 5.74) is 1.11. The van der Waals surface area contributed by atoms with E-state index < -0.39 is 38.5 Å². The Morgan fingerprint density at radius 3 is 2.61 bits per heavy atom. The predicted molar refractivity (Wildman–Crippen MR) is 123 cm³/mol. The highest BCUT2D eigenvalue weighted by Crippen LogP contribution is 2.46. The van der Waals surface area contributed by atoms with Crippen molar-refractivity contribution in [3.8, 4) is 0 Å². The number of likely N-dealkylation sites (tertiary alicyclic amines) is 1. The largest absolute Gasteiger partial charge is 0.477 e. The number of halogens is 1. The molecule has 2 saturated heterocycles. The maximum atomic E-state index is 14.1. The predicted octanol–water partition coefficient (Wildman–Crippen LogP) is 3.48. The molecule has 33 heavy (non-hydrogen) atoms. The van der Waals surface area contributed by atoms with Crippen LogP contribution in [0, 0.1) is 5.92 Å². The summed E-state index contributed by atoms with van der Waals surface area (Å²) in [6.45, 7) is 13.2. The molecule has 5 atom stereocenters. The highest BCUT2D eigenvalue weighted by Gasteiger charge is 2.57. The Morgan fingerprint density at radius 1 is 1.36 bits per heavy atom. The van der Waals surface area contributed by atoms with Gasteiger partial charge in [-0.1, -0.05) is 18.7 Å². The van der Waals surface area contributed by atoms with Gasteiger partial charge in [0, 0.05) is 6.42 Å². The summed E-state index contributed by atoms with van der Waals surface area (Å²) >= 11 is 0. The van der Waals surface area contributed by atoms with Gasteiger partial charge < -0.3 is 19.2 Å². The van der Waals surface area contributed by atoms with Crippen molar-refractivity contribution in [2.24, 2.45) is 5.92 Å². The molecule has 3 aliphatic heterocycles. The van der Waals surface area contributed by atoms with Gasteiger partial charge in [0.15, 0.2) is 8.32 Å². The maximum absolute atomic E-state index is 14.1. The number of carboxylic acids is 1. The van der Waals surface area contributed by atoms with Crippen LogP contribution in [0.5, 0.6) is 0 Å². The Bertz CT molecular complexity index is 911. The zero-order valence-electron chi connectivity index (χ0n) is 19.8. The van der Waals surface area contributed by atoms with Crippen LogP contribution in [0.3, 0.4) is 0 Å². The molecule has 2 fully saturated rings. The van der Waals surface area contributed by atoms with Gasteiger partial charge in [-0.2, -0.15) is 0 Å². The lowest BCUT2D eigenvalue weighted by Crippen LogP contribution is -2.63. The van der Waals surface area contributed by atoms with Gasteiger partial charge in [-0.25, -0.2) is 14.0 Å². The van der Waals surface area contributed by atoms with E-state index in [0.29, 0.717) is 17.6 Å². The second kappa shape index (κ2) is 9.42. The van der Waals surface area contributed by atoms with E-state index in [2.05, 4.69) is 6.58 Å². The zero-order chi connectivity index (χ0) is 24.7. The summed E-state index contributed by atoms with van der Waals surface area (Å²) in [6, 6.07) is -0.840. The van der Waals surface area contributed by atoms with Gasteiger partial charge in [-0.3, -0.25) is 9.69 Å². The summed E-state index contributed by atoms with van der Waals surface area (Å²) in [5, 5.41) is 9.87. The number of alkyl halides is 1. The number of carbonyl (C=O) groups excluding carboxylic acids is 2. The van der Waals surface area contributed by atoms with E-state index in [9.17, 15) is 23.9 Å². The van der Waals surface area contributed by atoms with Crippen LogP contribution in [0.25, 0.3) is 0 Å². The molecule has 182 valence electrons. The summed E-state index contributed by atoms with van der Waals surface area (Å²) in [4.78, 5) is 40.0. The second-order valence-corrected chi connectivity index (χ2v) is 14.3. The summed E-state index contributed by atoms with van der Waals surface area (Å²) < 4.78 is 25.3. The molecule has 1 N–H and O–H groups in total. The van der Waals surface area contributed by atoms with Crippen LogP contribution in [0.1, 0.15) is 26.7 Å². The molecular formula is C23H33FN2O6Si. The van der Waals surface area contributed by atoms with Crippen molar-refractivity contribution in [3.05, 3.63) is 35.6 Å². The Hall–Kier alpha value is -2.46. The number of hydrogen-bond donors (Lipinski definition) is 1. The fourth-order valence-corrected chi connectivity index (χ4v) is 6.28. The van der Waals surface area contributed by atoms with E-state index in [1.165, 1.54) is 15.9 Å². The van der Waals surface area contributed by atoms with E-state index in [0.717, 1.165) is 0 Å². The number of carboxylic acid groups (broad SMARTS) is 1. The molecule has 1 unspecified atom stereocenters. The van der Waals surface area contributed by atoms with Crippen molar-refractivity contribution in [1.82, 2.24) is 9.80 Å². The lowest BCUT2D eigenvalue weighted by atomic mass is 9.82. The molecule has 3 aliphatic rings. The molecule has 0 aromatic carbocycles. The number of hydrogen-bond acceptors (Lipinski definition) is 5. The van der Waals surface area contributed by atoms with Crippen LogP contribution in [-0.4, -0.2) is 78.7 Å². The molecule has 0 saturated carbocycles. The Kier molecular flexibility index (Phi) is 7.18. The molecule has 3 rings (SSSR count). The highest BCUT2D eigenvalue weighted by molar-refractivity contribution is 6.69. The normalized spacial score (nSPS) is 28.5. The van der Waals surface area contributed by atoms with Crippen LogP contribution < -0.4 is 0 Å². The van der Waals surface area contributed by atoms with Crippen LogP contribution in [0.4, 0.5) is 9.18 Å². The third-order valence-electron chi connectivity index (χ3n) is 6.23. The average Bonchev–Trinajstić information content (AvgIpc) is 3.22. The third-order valence-corrected chi connectivity index (χ3v) is 7.31. The second-order valence-electron chi connectivity index (χ2n) is 9.84. The molecule has 8 nitrogen and oxygen atoms in total. The lowest BCUT2D eigenvalue weighted by molar-refractivity contribution is -0.160. The van der Waals surface area contributed by atoms with Gasteiger partial charge in [0.05, 0.1) is 30.7 Å². The molecule has 10 heteroatoms. The van der Waals surface area contributed by atoms with Crippen molar-refractivity contribution >= 4 is 26.3 Å². The van der Waals surface area contributed by atoms with Crippen molar-refractivity contribution in [1.29, 1.82) is 0 Å². The summed E-state index contributed by atoms with van der Waals surface area (Å²) in [5.74, 6) is -1.82. The highest BCUT2D eigenvalue weighted by atomic mass is 28.4. The van der Waals surface area contributed by atoms with Gasteiger partial charge in [0.1, 0.15) is 18.5 Å². The standard InChI is InChI=1S/C23H33FN2O6Si/c1-7-8-31-23(30)25-12-15(24)10-16(25)9-13(2)17-11-18-19(14(3)32-33(4,5)6)21(27)26(18)20(17)22(28)29/h7,9,14-16,18-19H,1,8,10-12H2,2-6H3,(H,28,29)/b13-9+/t14-,15?,16-,18-,19-/m1/s1. The number of ether oxygens (including phenoxy) is 1. The first-order valence-corrected chi connectivity index (χ1v) is 14.6. The summed E-state index contributed by atoms with van der Waals surface area (Å²) in [7, 11) is -1.88. The van der Waals surface area contributed by atoms with Crippen molar-refractivity contribution < 1.29 is 33.0 Å². The first-order chi connectivity index (χ1) is 15.4. The molecule has 0 aliphatic carbocycles. The lowest BCUT2D eigenvalue weighted by Gasteiger charge is -2.47. The van der Waals surface area contributed by atoms with Gasteiger partial charge in [-0.15, -0.1) is 0 Å². The number of fused-ring (bicyclic) bond motifs is 1. The number of nitrogens with zero attached hydrogens (tertiary/aromatic N) is 2. The van der Waals surface area contributed by atoms with Crippen LogP contribution in [0.15, 0.2) is 35.6 Å². The quantitative estimate of drug-likeness (QED) is 0.325. The first kappa shape index (κ1) is 25.2. The van der Waals surface area contributed by atoms with Crippen molar-refractivity contribution in [2.45, 2.75) is 70.7 Å². The van der Waals surface area contributed by atoms with Crippen LogP contribution in [-0.2, 0) is 18.8 Å². The van der Waals surface area contributed by atoms with Crippen LogP contribution >= 0.6 is 0 Å². The van der Waals surface area contributed by atoms with Crippen LogP contribution in [0.2, 0.25) is 19.6 Å². The molecule has 0 radical (unpaired) electrons. The Balaban J connectivity index is 1.84. The van der Waals surface area contributed by atoms with Gasteiger partial charge in [0.25, 0.3) is 0 Å². The number of carbonyl (C=O) groups is 3. The average molecular weight is 481 g/mol. The van der Waals surface area contributed by atoms with E-state index in [1.54, 1.807) is 13.0 Å². The molecular weight excluding hydrogens is 447 g/mol. The van der Waals surface area contributed by atoms with E-state index in [1.807, 2.05) is 26.6 Å². The van der Waals surface area contributed by atoms with Crippen molar-refractivity contribution in [3.63, 3.8) is 0 Å². The minimum atomic E-state index is -1.88. The molecule has 3 heterocycles. The fraction of sp³-hybridized carbons (Fsp3) is 0.609. The van der Waals surface area contributed by atoms with E-state index in [4.69, 9.17) is 9.16 Å². The number of amides is 2. The maximum Gasteiger partial charge on any atom is 0.410 e. The third kappa shape index (κ3) is 5.06.